The van der Waals surface area contributed by atoms with Gasteiger partial charge in [-0.25, -0.2) is 0 Å². The van der Waals surface area contributed by atoms with Gasteiger partial charge in [0, 0.05) is 36.5 Å². The van der Waals surface area contributed by atoms with Crippen LogP contribution >= 0.6 is 0 Å². The molecule has 2 unspecified atom stereocenters. The lowest BCUT2D eigenvalue weighted by molar-refractivity contribution is -0.127. The summed E-state index contributed by atoms with van der Waals surface area (Å²) in [5, 5.41) is 23.6. The van der Waals surface area contributed by atoms with Crippen molar-refractivity contribution in [1.82, 2.24) is 9.88 Å². The second-order valence-electron chi connectivity index (χ2n) is 11.3. The SMILES string of the molecule is COc1ccc(C(C)(O)CCc2cncc(C(O)(c3ccc(C(C)C)cc3)C3(C)CN(C)C3)c2)cc1. The second-order valence-corrected chi connectivity index (χ2v) is 11.3. The Morgan fingerprint density at radius 2 is 1.58 bits per heavy atom. The molecule has 1 aromatic heterocycles. The van der Waals surface area contributed by atoms with E-state index in [-0.39, 0.29) is 5.41 Å². The Morgan fingerprint density at radius 3 is 2.14 bits per heavy atom. The second kappa shape index (κ2) is 9.97. The number of nitrogens with zero attached hydrogens (tertiary/aromatic N) is 2. The van der Waals surface area contributed by atoms with Gasteiger partial charge in [-0.2, -0.15) is 0 Å². The number of benzene rings is 2. The number of rotatable bonds is 9. The monoisotopic (exact) mass is 488 g/mol. The molecule has 4 rings (SSSR count). The number of aryl methyl sites for hydroxylation is 1. The van der Waals surface area contributed by atoms with E-state index in [4.69, 9.17) is 4.74 Å². The van der Waals surface area contributed by atoms with Crippen LogP contribution in [0.3, 0.4) is 0 Å². The highest BCUT2D eigenvalue weighted by Gasteiger charge is 2.55. The van der Waals surface area contributed by atoms with Gasteiger partial charge in [0.1, 0.15) is 11.4 Å². The fraction of sp³-hybridized carbons (Fsp3) is 0.452. The van der Waals surface area contributed by atoms with Crippen LogP contribution in [-0.2, 0) is 17.6 Å². The summed E-state index contributed by atoms with van der Waals surface area (Å²) in [7, 11) is 3.72. The maximum atomic E-state index is 12.4. The molecule has 3 aromatic rings. The van der Waals surface area contributed by atoms with Crippen molar-refractivity contribution in [1.29, 1.82) is 0 Å². The zero-order valence-electron chi connectivity index (χ0n) is 22.5. The van der Waals surface area contributed by atoms with E-state index >= 15 is 0 Å². The maximum absolute atomic E-state index is 12.4. The molecule has 36 heavy (non-hydrogen) atoms. The number of ether oxygens (including phenoxy) is 1. The standard InChI is InChI=1S/C31H40N2O3/c1-22(2)24-7-9-26(10-8-24)31(35,29(3)20-33(5)21-29)27-17-23(18-32-19-27)15-16-30(4,34)25-11-13-28(36-6)14-12-25/h7-14,17-19,22,34-35H,15-16,20-21H2,1-6H3. The number of hydrogen-bond acceptors (Lipinski definition) is 5. The summed E-state index contributed by atoms with van der Waals surface area (Å²) in [6, 6.07) is 18.0. The summed E-state index contributed by atoms with van der Waals surface area (Å²) in [6.45, 7) is 9.95. The third kappa shape index (κ3) is 4.93. The van der Waals surface area contributed by atoms with Crippen molar-refractivity contribution in [2.24, 2.45) is 5.41 Å². The maximum Gasteiger partial charge on any atom is 0.124 e. The van der Waals surface area contributed by atoms with E-state index in [1.54, 1.807) is 13.3 Å². The number of pyridine rings is 1. The third-order valence-corrected chi connectivity index (χ3v) is 7.93. The van der Waals surface area contributed by atoms with Crippen LogP contribution in [0, 0.1) is 5.41 Å². The number of aliphatic hydroxyl groups is 2. The highest BCUT2D eigenvalue weighted by molar-refractivity contribution is 5.42. The normalized spacial score (nSPS) is 18.8. The third-order valence-electron chi connectivity index (χ3n) is 7.93. The zero-order chi connectivity index (χ0) is 26.1. The summed E-state index contributed by atoms with van der Waals surface area (Å²) < 4.78 is 5.24. The summed E-state index contributed by atoms with van der Waals surface area (Å²) in [5.41, 5.74) is 2.29. The largest absolute Gasteiger partial charge is 0.497 e. The Bertz CT molecular complexity index is 1170. The van der Waals surface area contributed by atoms with E-state index in [0.29, 0.717) is 18.8 Å². The fourth-order valence-electron chi connectivity index (χ4n) is 5.65. The molecule has 1 fully saturated rings. The topological polar surface area (TPSA) is 65.8 Å². The van der Waals surface area contributed by atoms with Crippen LogP contribution in [0.25, 0.3) is 0 Å². The molecule has 2 N–H and O–H groups in total. The predicted molar refractivity (Wildman–Crippen MR) is 144 cm³/mol. The first-order chi connectivity index (χ1) is 17.0. The van der Waals surface area contributed by atoms with Gasteiger partial charge in [0.2, 0.25) is 0 Å². The highest BCUT2D eigenvalue weighted by atomic mass is 16.5. The minimum Gasteiger partial charge on any atom is -0.497 e. The van der Waals surface area contributed by atoms with E-state index in [1.165, 1.54) is 5.56 Å². The van der Waals surface area contributed by atoms with E-state index in [2.05, 4.69) is 68.0 Å². The fourth-order valence-corrected chi connectivity index (χ4v) is 5.65. The van der Waals surface area contributed by atoms with Crippen molar-refractivity contribution < 1.29 is 14.9 Å². The lowest BCUT2D eigenvalue weighted by Crippen LogP contribution is -2.63. The van der Waals surface area contributed by atoms with Gasteiger partial charge in [-0.3, -0.25) is 4.98 Å². The van der Waals surface area contributed by atoms with Gasteiger partial charge in [-0.15, -0.1) is 0 Å². The van der Waals surface area contributed by atoms with Crippen molar-refractivity contribution in [2.75, 3.05) is 27.2 Å². The lowest BCUT2D eigenvalue weighted by Gasteiger charge is -2.56. The number of aromatic nitrogens is 1. The molecule has 0 aliphatic carbocycles. The average Bonchev–Trinajstić information content (AvgIpc) is 2.86. The summed E-state index contributed by atoms with van der Waals surface area (Å²) in [4.78, 5) is 6.77. The van der Waals surface area contributed by atoms with E-state index < -0.39 is 11.2 Å². The molecule has 0 saturated carbocycles. The first-order valence-corrected chi connectivity index (χ1v) is 12.8. The Balaban J connectivity index is 1.63. The molecule has 192 valence electrons. The van der Waals surface area contributed by atoms with Crippen molar-refractivity contribution in [3.05, 3.63) is 94.8 Å². The van der Waals surface area contributed by atoms with Gasteiger partial charge >= 0.3 is 0 Å². The Kier molecular flexibility index (Phi) is 7.29. The molecule has 2 heterocycles. The number of likely N-dealkylation sites (tertiary alicyclic amines) is 1. The van der Waals surface area contributed by atoms with Crippen LogP contribution in [0.4, 0.5) is 0 Å². The molecule has 0 bridgehead atoms. The van der Waals surface area contributed by atoms with Crippen LogP contribution < -0.4 is 4.74 Å². The Morgan fingerprint density at radius 1 is 0.972 bits per heavy atom. The van der Waals surface area contributed by atoms with Crippen LogP contribution in [0.5, 0.6) is 5.75 Å². The van der Waals surface area contributed by atoms with Crippen LogP contribution in [0.2, 0.25) is 0 Å². The smallest absolute Gasteiger partial charge is 0.124 e. The van der Waals surface area contributed by atoms with Gasteiger partial charge in [0.15, 0.2) is 0 Å². The lowest BCUT2D eigenvalue weighted by atomic mass is 9.62. The van der Waals surface area contributed by atoms with Gasteiger partial charge in [-0.05, 0) is 73.2 Å². The number of methoxy groups -OCH3 is 1. The van der Waals surface area contributed by atoms with Gasteiger partial charge < -0.3 is 19.8 Å². The molecule has 0 radical (unpaired) electrons. The number of hydrogen-bond donors (Lipinski definition) is 2. The molecule has 0 amide bonds. The van der Waals surface area contributed by atoms with Crippen LogP contribution in [0.15, 0.2) is 67.0 Å². The molecular weight excluding hydrogens is 448 g/mol. The van der Waals surface area contributed by atoms with Crippen LogP contribution in [-0.4, -0.2) is 47.3 Å². The van der Waals surface area contributed by atoms with Gasteiger partial charge in [0.05, 0.1) is 12.7 Å². The summed E-state index contributed by atoms with van der Waals surface area (Å²) in [6.07, 6.45) is 4.81. The van der Waals surface area contributed by atoms with E-state index in [1.807, 2.05) is 37.4 Å². The van der Waals surface area contributed by atoms with E-state index in [0.717, 1.165) is 41.1 Å². The zero-order valence-corrected chi connectivity index (χ0v) is 22.5. The molecule has 1 saturated heterocycles. The molecule has 1 aliphatic heterocycles. The highest BCUT2D eigenvalue weighted by Crippen LogP contribution is 2.50. The molecule has 0 spiro atoms. The van der Waals surface area contributed by atoms with Crippen molar-refractivity contribution >= 4 is 0 Å². The minimum atomic E-state index is -1.17. The quantitative estimate of drug-likeness (QED) is 0.431. The first-order valence-electron chi connectivity index (χ1n) is 12.8. The minimum absolute atomic E-state index is 0.337. The molecule has 5 nitrogen and oxygen atoms in total. The molecule has 2 atom stereocenters. The van der Waals surface area contributed by atoms with E-state index in [9.17, 15) is 10.2 Å². The average molecular weight is 489 g/mol. The van der Waals surface area contributed by atoms with Crippen molar-refractivity contribution in [3.8, 4) is 5.75 Å². The van der Waals surface area contributed by atoms with Gasteiger partial charge in [-0.1, -0.05) is 57.2 Å². The summed E-state index contributed by atoms with van der Waals surface area (Å²) in [5.74, 6) is 1.20. The molecular formula is C31H40N2O3. The van der Waals surface area contributed by atoms with Crippen molar-refractivity contribution in [2.45, 2.75) is 57.7 Å². The summed E-state index contributed by atoms with van der Waals surface area (Å²) >= 11 is 0. The first kappa shape index (κ1) is 26.3. The molecule has 5 heteroatoms. The molecule has 1 aliphatic rings. The van der Waals surface area contributed by atoms with Crippen molar-refractivity contribution in [3.63, 3.8) is 0 Å². The predicted octanol–water partition coefficient (Wildman–Crippen LogP) is 5.24. The Labute approximate surface area is 215 Å². The van der Waals surface area contributed by atoms with Crippen LogP contribution in [0.1, 0.15) is 67.9 Å². The Hall–Kier alpha value is -2.73. The molecule has 2 aromatic carbocycles. The van der Waals surface area contributed by atoms with Gasteiger partial charge in [0.25, 0.3) is 0 Å².